The summed E-state index contributed by atoms with van der Waals surface area (Å²) in [6, 6.07) is 2.91. The van der Waals surface area contributed by atoms with Crippen molar-refractivity contribution in [3.05, 3.63) is 34.8 Å². The second-order valence-corrected chi connectivity index (χ2v) is 9.21. The van der Waals surface area contributed by atoms with E-state index >= 15 is 0 Å². The van der Waals surface area contributed by atoms with Gasteiger partial charge in [-0.1, -0.05) is 5.16 Å². The van der Waals surface area contributed by atoms with Gasteiger partial charge in [0, 0.05) is 35.2 Å². The number of esters is 1. The maximum absolute atomic E-state index is 12.7. The van der Waals surface area contributed by atoms with Crippen LogP contribution in [0.15, 0.2) is 16.7 Å². The fourth-order valence-electron chi connectivity index (χ4n) is 4.16. The summed E-state index contributed by atoms with van der Waals surface area (Å²) in [5, 5.41) is 4.00. The normalized spacial score (nSPS) is 23.5. The molecule has 0 saturated carbocycles. The molecule has 1 amide bonds. The first-order valence-corrected chi connectivity index (χ1v) is 10.5. The molecule has 2 aromatic rings. The number of amides is 1. The third kappa shape index (κ3) is 3.27. The Morgan fingerprint density at radius 2 is 2.10 bits per heavy atom. The highest BCUT2D eigenvalue weighted by Gasteiger charge is 2.53. The first-order chi connectivity index (χ1) is 13.7. The van der Waals surface area contributed by atoms with Gasteiger partial charge in [0.15, 0.2) is 12.4 Å². The number of carbonyl (C=O) groups is 3. The van der Waals surface area contributed by atoms with Crippen molar-refractivity contribution in [2.24, 2.45) is 0 Å². The molecule has 0 spiro atoms. The van der Waals surface area contributed by atoms with Crippen LogP contribution in [0.1, 0.15) is 47.3 Å². The van der Waals surface area contributed by atoms with E-state index < -0.39 is 12.0 Å². The van der Waals surface area contributed by atoms with E-state index in [9.17, 15) is 14.4 Å². The van der Waals surface area contributed by atoms with Gasteiger partial charge in [-0.2, -0.15) is 0 Å². The lowest BCUT2D eigenvalue weighted by Gasteiger charge is -2.29. The summed E-state index contributed by atoms with van der Waals surface area (Å²) in [6.45, 7) is 7.10. The van der Waals surface area contributed by atoms with Crippen molar-refractivity contribution in [1.29, 1.82) is 0 Å². The standard InChI is InChI=1S/C20H23N3O5S/c1-11-7-14(13(3)22(11)17-8-12(2)28-21-17)16(24)9-27-19(26)15-10-29-20(4)6-5-18(25)23(15)20/h7-8,15H,5-6,9-10H2,1-4H3/t15-,20+/m0/s1. The summed E-state index contributed by atoms with van der Waals surface area (Å²) in [4.78, 5) is 38.8. The quantitative estimate of drug-likeness (QED) is 0.545. The molecule has 2 atom stereocenters. The number of rotatable bonds is 5. The van der Waals surface area contributed by atoms with Crippen LogP contribution in [0.25, 0.3) is 5.82 Å². The summed E-state index contributed by atoms with van der Waals surface area (Å²) >= 11 is 1.59. The van der Waals surface area contributed by atoms with Crippen LogP contribution in [0, 0.1) is 20.8 Å². The smallest absolute Gasteiger partial charge is 0.330 e. The van der Waals surface area contributed by atoms with Crippen LogP contribution in [-0.4, -0.2) is 55.6 Å². The van der Waals surface area contributed by atoms with Crippen LogP contribution in [-0.2, 0) is 14.3 Å². The van der Waals surface area contributed by atoms with E-state index in [0.29, 0.717) is 35.0 Å². The molecule has 0 radical (unpaired) electrons. The first-order valence-electron chi connectivity index (χ1n) is 9.50. The van der Waals surface area contributed by atoms with E-state index in [1.54, 1.807) is 35.7 Å². The third-order valence-electron chi connectivity index (χ3n) is 5.64. The van der Waals surface area contributed by atoms with Gasteiger partial charge in [-0.3, -0.25) is 14.2 Å². The minimum absolute atomic E-state index is 0.0303. The van der Waals surface area contributed by atoms with Gasteiger partial charge in [-0.25, -0.2) is 4.79 Å². The second kappa shape index (κ2) is 7.05. The Morgan fingerprint density at radius 1 is 1.34 bits per heavy atom. The summed E-state index contributed by atoms with van der Waals surface area (Å²) in [5.74, 6) is 0.924. The molecule has 2 aromatic heterocycles. The van der Waals surface area contributed by atoms with Crippen molar-refractivity contribution in [1.82, 2.24) is 14.6 Å². The number of ketones is 1. The Kier molecular flexibility index (Phi) is 4.80. The Hall–Kier alpha value is -2.55. The molecule has 0 unspecified atom stereocenters. The van der Waals surface area contributed by atoms with E-state index in [1.807, 2.05) is 25.3 Å². The number of hydrogen-bond donors (Lipinski definition) is 0. The minimum atomic E-state index is -0.627. The van der Waals surface area contributed by atoms with Crippen molar-refractivity contribution in [3.63, 3.8) is 0 Å². The number of ether oxygens (including phenoxy) is 1. The highest BCUT2D eigenvalue weighted by atomic mass is 32.2. The number of fused-ring (bicyclic) bond motifs is 1. The highest BCUT2D eigenvalue weighted by Crippen LogP contribution is 2.47. The highest BCUT2D eigenvalue weighted by molar-refractivity contribution is 8.01. The molecule has 0 N–H and O–H groups in total. The molecule has 9 heteroatoms. The summed E-state index contributed by atoms with van der Waals surface area (Å²) in [7, 11) is 0. The molecule has 0 aliphatic carbocycles. The van der Waals surface area contributed by atoms with Crippen molar-refractivity contribution < 1.29 is 23.6 Å². The van der Waals surface area contributed by atoms with Gasteiger partial charge < -0.3 is 14.2 Å². The van der Waals surface area contributed by atoms with Gasteiger partial charge in [0.05, 0.1) is 4.87 Å². The number of thioether (sulfide) groups is 1. The molecular formula is C20H23N3O5S. The molecule has 0 bridgehead atoms. The lowest BCUT2D eigenvalue weighted by atomic mass is 10.1. The number of carbonyl (C=O) groups excluding carboxylic acids is 3. The van der Waals surface area contributed by atoms with Crippen LogP contribution in [0.3, 0.4) is 0 Å². The molecule has 0 aromatic carbocycles. The maximum atomic E-state index is 12.7. The largest absolute Gasteiger partial charge is 0.456 e. The zero-order valence-electron chi connectivity index (χ0n) is 16.9. The van der Waals surface area contributed by atoms with Crippen LogP contribution in [0.5, 0.6) is 0 Å². The van der Waals surface area contributed by atoms with Crippen molar-refractivity contribution >= 4 is 29.4 Å². The van der Waals surface area contributed by atoms with E-state index in [4.69, 9.17) is 9.26 Å². The van der Waals surface area contributed by atoms with E-state index in [0.717, 1.165) is 12.1 Å². The van der Waals surface area contributed by atoms with Gasteiger partial charge in [0.2, 0.25) is 11.7 Å². The van der Waals surface area contributed by atoms with Crippen LogP contribution in [0.2, 0.25) is 0 Å². The monoisotopic (exact) mass is 417 g/mol. The predicted molar refractivity (Wildman–Crippen MR) is 106 cm³/mol. The number of hydrogen-bond acceptors (Lipinski definition) is 7. The van der Waals surface area contributed by atoms with Crippen LogP contribution in [0.4, 0.5) is 0 Å². The maximum Gasteiger partial charge on any atom is 0.330 e. The molecule has 2 aliphatic heterocycles. The van der Waals surface area contributed by atoms with Gasteiger partial charge >= 0.3 is 5.97 Å². The molecule has 8 nitrogen and oxygen atoms in total. The van der Waals surface area contributed by atoms with Gasteiger partial charge in [-0.15, -0.1) is 11.8 Å². The fourth-order valence-corrected chi connectivity index (χ4v) is 5.58. The molecule has 4 rings (SSSR count). The number of aromatic nitrogens is 2. The molecule has 4 heterocycles. The average Bonchev–Trinajstić information content (AvgIpc) is 3.38. The number of aryl methyl sites for hydroxylation is 2. The fraction of sp³-hybridized carbons (Fsp3) is 0.500. The zero-order valence-corrected chi connectivity index (χ0v) is 17.7. The summed E-state index contributed by atoms with van der Waals surface area (Å²) < 4.78 is 12.3. The summed E-state index contributed by atoms with van der Waals surface area (Å²) in [5.41, 5.74) is 2.01. The molecule has 2 fully saturated rings. The topological polar surface area (TPSA) is 94.6 Å². The second-order valence-electron chi connectivity index (χ2n) is 7.71. The molecule has 29 heavy (non-hydrogen) atoms. The Balaban J connectivity index is 1.45. The van der Waals surface area contributed by atoms with E-state index in [2.05, 4.69) is 5.16 Å². The molecular weight excluding hydrogens is 394 g/mol. The minimum Gasteiger partial charge on any atom is -0.456 e. The average molecular weight is 417 g/mol. The van der Waals surface area contributed by atoms with E-state index in [-0.39, 0.29) is 23.2 Å². The molecule has 2 saturated heterocycles. The SMILES string of the molecule is Cc1cc(-n2c(C)cc(C(=O)COC(=O)[C@@H]3CS[C@]4(C)CCC(=O)N34)c2C)no1. The Bertz CT molecular complexity index is 1010. The van der Waals surface area contributed by atoms with Crippen molar-refractivity contribution in [2.45, 2.75) is 51.4 Å². The Morgan fingerprint density at radius 3 is 2.79 bits per heavy atom. The van der Waals surface area contributed by atoms with Crippen LogP contribution >= 0.6 is 11.8 Å². The number of Topliss-reactive ketones (excluding diaryl/α,β-unsaturated/α-hetero) is 1. The van der Waals surface area contributed by atoms with E-state index in [1.165, 1.54) is 0 Å². The van der Waals surface area contributed by atoms with Crippen molar-refractivity contribution in [2.75, 3.05) is 12.4 Å². The van der Waals surface area contributed by atoms with Gasteiger partial charge in [-0.05, 0) is 40.2 Å². The summed E-state index contributed by atoms with van der Waals surface area (Å²) in [6.07, 6.45) is 1.17. The molecule has 154 valence electrons. The zero-order chi connectivity index (χ0) is 20.9. The predicted octanol–water partition coefficient (Wildman–Crippen LogP) is 2.57. The van der Waals surface area contributed by atoms with Crippen molar-refractivity contribution in [3.8, 4) is 5.82 Å². The third-order valence-corrected chi connectivity index (χ3v) is 7.14. The van der Waals surface area contributed by atoms with Gasteiger partial charge in [0.1, 0.15) is 11.8 Å². The lowest BCUT2D eigenvalue weighted by Crippen LogP contribution is -2.46. The molecule has 2 aliphatic rings. The number of nitrogens with zero attached hydrogens (tertiary/aromatic N) is 3. The lowest BCUT2D eigenvalue weighted by molar-refractivity contribution is -0.152. The van der Waals surface area contributed by atoms with Gasteiger partial charge in [0.25, 0.3) is 0 Å². The Labute approximate surface area is 172 Å². The first kappa shape index (κ1) is 19.8. The van der Waals surface area contributed by atoms with Crippen LogP contribution < -0.4 is 0 Å².